The third-order valence-electron chi connectivity index (χ3n) is 11.9. The quantitative estimate of drug-likeness (QED) is 0.165. The standard InChI is InChI=1S/C44H40N10P2/c1-3-7-31(8-4-1)55-41-13-29-21-47-23-49-33(29)15-39(41)54-40-16-34-30(22-48-24-50-34)14-42(40)56(32-9-5-2-6-10-32)44-18-36-28(20-46-26-52-36)12-38(44)53-37-11-27-19-45-25-51-35(27)17-43(37)55/h11-26,31-32,53-54H,1-10H2. The Morgan fingerprint density at radius 2 is 0.696 bits per heavy atom. The van der Waals surface area contributed by atoms with Crippen molar-refractivity contribution < 1.29 is 0 Å². The van der Waals surface area contributed by atoms with Gasteiger partial charge in [-0.1, -0.05) is 38.5 Å². The van der Waals surface area contributed by atoms with Crippen molar-refractivity contribution in [3.8, 4) is 0 Å². The van der Waals surface area contributed by atoms with Crippen LogP contribution in [-0.2, 0) is 0 Å². The van der Waals surface area contributed by atoms with E-state index in [1.54, 1.807) is 25.3 Å². The van der Waals surface area contributed by atoms with Gasteiger partial charge >= 0.3 is 0 Å². The molecule has 8 aromatic rings. The van der Waals surface area contributed by atoms with Gasteiger partial charge in [0.05, 0.1) is 22.1 Å². The average molecular weight is 771 g/mol. The van der Waals surface area contributed by atoms with Gasteiger partial charge in [-0.05, 0) is 101 Å². The number of benzene rings is 4. The Hall–Kier alpha value is -5.30. The molecule has 2 aliphatic carbocycles. The van der Waals surface area contributed by atoms with Gasteiger partial charge in [-0.2, -0.15) is 0 Å². The second kappa shape index (κ2) is 14.3. The number of nitrogens with zero attached hydrogens (tertiary/aromatic N) is 8. The van der Waals surface area contributed by atoms with Crippen LogP contribution in [-0.4, -0.2) is 51.2 Å². The van der Waals surface area contributed by atoms with Crippen molar-refractivity contribution in [2.45, 2.75) is 75.5 Å². The molecule has 2 N–H and O–H groups in total. The zero-order chi connectivity index (χ0) is 37.0. The van der Waals surface area contributed by atoms with Crippen molar-refractivity contribution in [2.24, 2.45) is 0 Å². The van der Waals surface area contributed by atoms with E-state index in [9.17, 15) is 0 Å². The van der Waals surface area contributed by atoms with Crippen LogP contribution < -0.4 is 31.9 Å². The van der Waals surface area contributed by atoms with Gasteiger partial charge in [-0.15, -0.1) is 0 Å². The van der Waals surface area contributed by atoms with Crippen LogP contribution >= 0.6 is 15.8 Å². The Morgan fingerprint density at radius 3 is 1.09 bits per heavy atom. The summed E-state index contributed by atoms with van der Waals surface area (Å²) in [7, 11) is -1.84. The fourth-order valence-corrected chi connectivity index (χ4v) is 15.7. The third-order valence-corrected chi connectivity index (χ3v) is 18.0. The van der Waals surface area contributed by atoms with E-state index in [1.807, 2.05) is 24.8 Å². The molecule has 0 amide bonds. The Bertz CT molecular complexity index is 2420. The molecule has 5 heterocycles. The minimum atomic E-state index is -0.918. The molecule has 2 atom stereocenters. The van der Waals surface area contributed by atoms with E-state index in [4.69, 9.17) is 19.9 Å². The summed E-state index contributed by atoms with van der Waals surface area (Å²) in [4.78, 5) is 37.2. The first-order chi connectivity index (χ1) is 27.7. The Morgan fingerprint density at radius 1 is 0.375 bits per heavy atom. The molecule has 4 aromatic carbocycles. The van der Waals surface area contributed by atoms with Gasteiger partial charge in [0.1, 0.15) is 25.3 Å². The van der Waals surface area contributed by atoms with E-state index in [2.05, 4.69) is 79.1 Å². The normalized spacial score (nSPS) is 19.2. The molecule has 11 rings (SSSR count). The van der Waals surface area contributed by atoms with Crippen LogP contribution in [0.3, 0.4) is 0 Å². The monoisotopic (exact) mass is 770 g/mol. The van der Waals surface area contributed by atoms with Gasteiger partial charge in [0.15, 0.2) is 0 Å². The predicted molar refractivity (Wildman–Crippen MR) is 231 cm³/mol. The number of hydrogen-bond donors (Lipinski definition) is 2. The fourth-order valence-electron chi connectivity index (χ4n) is 9.28. The molecule has 4 aromatic heterocycles. The number of anilines is 4. The maximum Gasteiger partial charge on any atom is 0.116 e. The smallest absolute Gasteiger partial charge is 0.116 e. The minimum absolute atomic E-state index is 0.483. The lowest BCUT2D eigenvalue weighted by Gasteiger charge is -2.37. The van der Waals surface area contributed by atoms with Crippen molar-refractivity contribution in [2.75, 3.05) is 10.6 Å². The molecule has 276 valence electrons. The summed E-state index contributed by atoms with van der Waals surface area (Å²) in [6.07, 6.45) is 26.7. The number of hydrogen-bond acceptors (Lipinski definition) is 10. The molecule has 2 saturated carbocycles. The Balaban J connectivity index is 1.27. The van der Waals surface area contributed by atoms with Gasteiger partial charge in [0.25, 0.3) is 0 Å². The zero-order valence-corrected chi connectivity index (χ0v) is 32.7. The Kier molecular flexibility index (Phi) is 8.70. The summed E-state index contributed by atoms with van der Waals surface area (Å²) < 4.78 is 0. The van der Waals surface area contributed by atoms with E-state index in [0.29, 0.717) is 11.3 Å². The van der Waals surface area contributed by atoms with Crippen LogP contribution in [0.5, 0.6) is 0 Å². The topological polar surface area (TPSA) is 127 Å². The lowest BCUT2D eigenvalue weighted by Crippen LogP contribution is -2.30. The second-order valence-corrected chi connectivity index (χ2v) is 20.2. The highest BCUT2D eigenvalue weighted by atomic mass is 31.1. The molecule has 0 radical (unpaired) electrons. The molecule has 0 saturated heterocycles. The van der Waals surface area contributed by atoms with Crippen LogP contribution in [0, 0.1) is 0 Å². The van der Waals surface area contributed by atoms with Crippen molar-refractivity contribution in [3.63, 3.8) is 0 Å². The average Bonchev–Trinajstić information content (AvgIpc) is 3.25. The van der Waals surface area contributed by atoms with Crippen LogP contribution in [0.4, 0.5) is 22.7 Å². The van der Waals surface area contributed by atoms with Gasteiger partial charge < -0.3 is 10.6 Å². The van der Waals surface area contributed by atoms with Crippen LogP contribution in [0.25, 0.3) is 43.6 Å². The molecule has 2 fully saturated rings. The van der Waals surface area contributed by atoms with E-state index in [0.717, 1.165) is 66.4 Å². The Labute approximate surface area is 327 Å². The second-order valence-electron chi connectivity index (χ2n) is 15.4. The van der Waals surface area contributed by atoms with E-state index < -0.39 is 15.8 Å². The van der Waals surface area contributed by atoms with Gasteiger partial charge in [-0.3, -0.25) is 0 Å². The first-order valence-corrected chi connectivity index (χ1v) is 22.6. The third kappa shape index (κ3) is 6.11. The summed E-state index contributed by atoms with van der Waals surface area (Å²) in [5.41, 5.74) is 9.17. The summed E-state index contributed by atoms with van der Waals surface area (Å²) in [5.74, 6) is 0. The largest absolute Gasteiger partial charge is 0.354 e. The van der Waals surface area contributed by atoms with Crippen molar-refractivity contribution in [3.05, 3.63) is 98.6 Å². The number of fused-ring (bicyclic) bond motifs is 8. The summed E-state index contributed by atoms with van der Waals surface area (Å²) in [5, 5.41) is 17.7. The molecule has 56 heavy (non-hydrogen) atoms. The van der Waals surface area contributed by atoms with Crippen molar-refractivity contribution in [1.29, 1.82) is 0 Å². The highest BCUT2D eigenvalue weighted by molar-refractivity contribution is 7.75. The maximum absolute atomic E-state index is 4.83. The number of aromatic nitrogens is 8. The SMILES string of the molecule is c1ncc2cc3c(cc2n1)Nc1cc2ncncc2cc1P(C1CCCCC1)c1cc2ncncc2cc1Nc1cc2cncnc2cc1P3C1CCCCC1. The number of nitrogens with one attached hydrogen (secondary N) is 2. The first kappa shape index (κ1) is 34.0. The van der Waals surface area contributed by atoms with E-state index in [-0.39, 0.29) is 0 Å². The highest BCUT2D eigenvalue weighted by Gasteiger charge is 2.35. The molecule has 0 bridgehead atoms. The fraction of sp³-hybridized carbons (Fsp3) is 0.273. The molecular weight excluding hydrogens is 731 g/mol. The summed E-state index contributed by atoms with van der Waals surface area (Å²) in [6.45, 7) is 0. The lowest BCUT2D eigenvalue weighted by atomic mass is 10.0. The van der Waals surface area contributed by atoms with Gasteiger partial charge in [-0.25, -0.2) is 39.9 Å². The molecule has 0 spiro atoms. The van der Waals surface area contributed by atoms with Crippen molar-refractivity contribution >= 4 is 103 Å². The molecule has 10 nitrogen and oxygen atoms in total. The van der Waals surface area contributed by atoms with Gasteiger partial charge in [0.2, 0.25) is 0 Å². The van der Waals surface area contributed by atoms with E-state index in [1.165, 1.54) is 85.4 Å². The number of rotatable bonds is 2. The molecular formula is C44H40N10P2. The van der Waals surface area contributed by atoms with Crippen molar-refractivity contribution in [1.82, 2.24) is 39.9 Å². The molecule has 3 aliphatic rings. The first-order valence-electron chi connectivity index (χ1n) is 19.8. The molecule has 2 unspecified atom stereocenters. The van der Waals surface area contributed by atoms with Crippen LogP contribution in [0.2, 0.25) is 0 Å². The van der Waals surface area contributed by atoms with E-state index >= 15 is 0 Å². The highest BCUT2D eigenvalue weighted by Crippen LogP contribution is 2.54. The lowest BCUT2D eigenvalue weighted by molar-refractivity contribution is 0.513. The summed E-state index contributed by atoms with van der Waals surface area (Å²) >= 11 is 0. The zero-order valence-electron chi connectivity index (χ0n) is 30.9. The minimum Gasteiger partial charge on any atom is -0.354 e. The predicted octanol–water partition coefficient (Wildman–Crippen LogP) is 8.79. The van der Waals surface area contributed by atoms with Crippen LogP contribution in [0.15, 0.2) is 98.6 Å². The maximum atomic E-state index is 4.83. The van der Waals surface area contributed by atoms with Gasteiger partial charge in [0, 0.05) is 90.3 Å². The molecule has 1 aliphatic heterocycles. The molecule has 12 heteroatoms. The summed E-state index contributed by atoms with van der Waals surface area (Å²) in [6, 6.07) is 18.6. The van der Waals surface area contributed by atoms with Crippen LogP contribution in [0.1, 0.15) is 64.2 Å².